The Balaban J connectivity index is 2.20. The van der Waals surface area contributed by atoms with Crippen molar-refractivity contribution in [1.82, 2.24) is 4.98 Å². The molecule has 15 heavy (non-hydrogen) atoms. The van der Waals surface area contributed by atoms with Crippen molar-refractivity contribution >= 4 is 21.7 Å². The molecule has 1 saturated heterocycles. The van der Waals surface area contributed by atoms with Crippen LogP contribution in [0, 0.1) is 12.8 Å². The SMILES string of the molecule is CCC1CCN(c2nccc(C)c2Br)C1. The van der Waals surface area contributed by atoms with Crippen LogP contribution >= 0.6 is 15.9 Å². The van der Waals surface area contributed by atoms with Gasteiger partial charge >= 0.3 is 0 Å². The van der Waals surface area contributed by atoms with Crippen molar-refractivity contribution < 1.29 is 0 Å². The van der Waals surface area contributed by atoms with E-state index in [2.05, 4.69) is 39.7 Å². The Kier molecular flexibility index (Phi) is 3.29. The molecule has 0 bridgehead atoms. The molecule has 1 unspecified atom stereocenters. The maximum absolute atomic E-state index is 4.47. The van der Waals surface area contributed by atoms with Crippen molar-refractivity contribution in [1.29, 1.82) is 0 Å². The van der Waals surface area contributed by atoms with E-state index in [0.29, 0.717) is 0 Å². The standard InChI is InChI=1S/C12H17BrN2/c1-3-10-5-7-15(8-10)12-11(13)9(2)4-6-14-12/h4,6,10H,3,5,7-8H2,1-2H3. The Morgan fingerprint density at radius 2 is 2.40 bits per heavy atom. The molecule has 0 saturated carbocycles. The van der Waals surface area contributed by atoms with Crippen molar-refractivity contribution in [3.05, 3.63) is 22.3 Å². The molecule has 2 heterocycles. The third kappa shape index (κ3) is 2.17. The molecule has 1 aromatic heterocycles. The van der Waals surface area contributed by atoms with Crippen LogP contribution in [-0.2, 0) is 0 Å². The summed E-state index contributed by atoms with van der Waals surface area (Å²) in [4.78, 5) is 6.86. The second-order valence-corrected chi connectivity index (χ2v) is 5.07. The third-order valence-electron chi connectivity index (χ3n) is 3.23. The van der Waals surface area contributed by atoms with Crippen molar-refractivity contribution in [2.75, 3.05) is 18.0 Å². The number of aryl methyl sites for hydroxylation is 1. The average Bonchev–Trinajstić information content (AvgIpc) is 2.70. The first-order chi connectivity index (χ1) is 7.22. The molecule has 0 spiro atoms. The maximum atomic E-state index is 4.47. The van der Waals surface area contributed by atoms with Gasteiger partial charge in [0.15, 0.2) is 0 Å². The van der Waals surface area contributed by atoms with Crippen LogP contribution in [-0.4, -0.2) is 18.1 Å². The molecule has 0 aromatic carbocycles. The zero-order valence-electron chi connectivity index (χ0n) is 9.33. The highest BCUT2D eigenvalue weighted by Crippen LogP contribution is 2.31. The number of halogens is 1. The summed E-state index contributed by atoms with van der Waals surface area (Å²) in [6.07, 6.45) is 4.48. The molecular formula is C12H17BrN2. The summed E-state index contributed by atoms with van der Waals surface area (Å²) in [6.45, 7) is 6.69. The number of rotatable bonds is 2. The lowest BCUT2D eigenvalue weighted by Gasteiger charge is -2.19. The predicted molar refractivity (Wildman–Crippen MR) is 67.3 cm³/mol. The van der Waals surface area contributed by atoms with Crippen molar-refractivity contribution in [2.24, 2.45) is 5.92 Å². The molecule has 0 aliphatic carbocycles. The van der Waals surface area contributed by atoms with Gasteiger partial charge < -0.3 is 4.90 Å². The number of pyridine rings is 1. The van der Waals surface area contributed by atoms with Crippen LogP contribution in [0.25, 0.3) is 0 Å². The third-order valence-corrected chi connectivity index (χ3v) is 4.21. The van der Waals surface area contributed by atoms with Crippen LogP contribution in [0.15, 0.2) is 16.7 Å². The smallest absolute Gasteiger partial charge is 0.143 e. The van der Waals surface area contributed by atoms with Crippen LogP contribution in [0.2, 0.25) is 0 Å². The fourth-order valence-electron chi connectivity index (χ4n) is 2.10. The fraction of sp³-hybridized carbons (Fsp3) is 0.583. The minimum Gasteiger partial charge on any atom is -0.355 e. The molecule has 1 aliphatic rings. The zero-order chi connectivity index (χ0) is 10.8. The lowest BCUT2D eigenvalue weighted by molar-refractivity contribution is 0.568. The van der Waals surface area contributed by atoms with Gasteiger partial charge in [0.25, 0.3) is 0 Å². The highest BCUT2D eigenvalue weighted by atomic mass is 79.9. The second-order valence-electron chi connectivity index (χ2n) is 4.27. The minimum absolute atomic E-state index is 0.846. The minimum atomic E-state index is 0.846. The molecule has 0 radical (unpaired) electrons. The first-order valence-corrected chi connectivity index (χ1v) is 6.37. The first-order valence-electron chi connectivity index (χ1n) is 5.58. The zero-order valence-corrected chi connectivity index (χ0v) is 10.9. The summed E-state index contributed by atoms with van der Waals surface area (Å²) in [5.74, 6) is 1.96. The van der Waals surface area contributed by atoms with Crippen LogP contribution < -0.4 is 4.90 Å². The van der Waals surface area contributed by atoms with E-state index in [9.17, 15) is 0 Å². The summed E-state index contributed by atoms with van der Waals surface area (Å²) in [5, 5.41) is 0. The number of aromatic nitrogens is 1. The van der Waals surface area contributed by atoms with Gasteiger partial charge in [0.05, 0.1) is 4.47 Å². The molecule has 1 fully saturated rings. The number of nitrogens with zero attached hydrogens (tertiary/aromatic N) is 2. The normalized spacial score (nSPS) is 21.0. The topological polar surface area (TPSA) is 16.1 Å². The lowest BCUT2D eigenvalue weighted by Crippen LogP contribution is -2.21. The largest absolute Gasteiger partial charge is 0.355 e. The molecule has 2 rings (SSSR count). The molecule has 0 amide bonds. The number of hydrogen-bond donors (Lipinski definition) is 0. The Hall–Kier alpha value is -0.570. The van der Waals surface area contributed by atoms with Gasteiger partial charge in [0.2, 0.25) is 0 Å². The number of anilines is 1. The Morgan fingerprint density at radius 3 is 3.07 bits per heavy atom. The van der Waals surface area contributed by atoms with Crippen molar-refractivity contribution in [2.45, 2.75) is 26.7 Å². The van der Waals surface area contributed by atoms with Gasteiger partial charge in [-0.2, -0.15) is 0 Å². The van der Waals surface area contributed by atoms with Crippen molar-refractivity contribution in [3.8, 4) is 0 Å². The molecule has 82 valence electrons. The Labute approximate surface area is 99.8 Å². The van der Waals surface area contributed by atoms with E-state index in [4.69, 9.17) is 0 Å². The molecule has 1 atom stereocenters. The van der Waals surface area contributed by atoms with Gasteiger partial charge in [-0.1, -0.05) is 13.3 Å². The van der Waals surface area contributed by atoms with E-state index in [-0.39, 0.29) is 0 Å². The molecule has 3 heteroatoms. The van der Waals surface area contributed by atoms with Crippen molar-refractivity contribution in [3.63, 3.8) is 0 Å². The highest BCUT2D eigenvalue weighted by Gasteiger charge is 2.23. The van der Waals surface area contributed by atoms with Gasteiger partial charge in [-0.15, -0.1) is 0 Å². The summed E-state index contributed by atoms with van der Waals surface area (Å²) in [5.41, 5.74) is 1.26. The number of hydrogen-bond acceptors (Lipinski definition) is 2. The fourth-order valence-corrected chi connectivity index (χ4v) is 2.59. The van der Waals surface area contributed by atoms with Crippen LogP contribution in [0.3, 0.4) is 0 Å². The van der Waals surface area contributed by atoms with Crippen LogP contribution in [0.1, 0.15) is 25.3 Å². The van der Waals surface area contributed by atoms with E-state index in [1.54, 1.807) is 0 Å². The summed E-state index contributed by atoms with van der Waals surface area (Å²) in [6, 6.07) is 2.04. The lowest BCUT2D eigenvalue weighted by atomic mass is 10.1. The quantitative estimate of drug-likeness (QED) is 0.818. The summed E-state index contributed by atoms with van der Waals surface area (Å²) >= 11 is 3.63. The summed E-state index contributed by atoms with van der Waals surface area (Å²) in [7, 11) is 0. The summed E-state index contributed by atoms with van der Waals surface area (Å²) < 4.78 is 1.15. The van der Waals surface area contributed by atoms with E-state index in [1.165, 1.54) is 18.4 Å². The second kappa shape index (κ2) is 4.52. The Morgan fingerprint density at radius 1 is 1.60 bits per heavy atom. The van der Waals surface area contributed by atoms with Gasteiger partial charge in [0, 0.05) is 19.3 Å². The van der Waals surface area contributed by atoms with Gasteiger partial charge in [-0.05, 0) is 46.8 Å². The first kappa shape index (κ1) is 10.9. The monoisotopic (exact) mass is 268 g/mol. The van der Waals surface area contributed by atoms with E-state index in [0.717, 1.165) is 29.3 Å². The molecule has 1 aromatic rings. The van der Waals surface area contributed by atoms with Crippen LogP contribution in [0.4, 0.5) is 5.82 Å². The van der Waals surface area contributed by atoms with E-state index in [1.807, 2.05) is 12.3 Å². The predicted octanol–water partition coefficient (Wildman–Crippen LogP) is 3.39. The van der Waals surface area contributed by atoms with E-state index >= 15 is 0 Å². The molecule has 2 nitrogen and oxygen atoms in total. The van der Waals surface area contributed by atoms with Gasteiger partial charge in [0.1, 0.15) is 5.82 Å². The van der Waals surface area contributed by atoms with Gasteiger partial charge in [-0.25, -0.2) is 4.98 Å². The van der Waals surface area contributed by atoms with E-state index < -0.39 is 0 Å². The van der Waals surface area contributed by atoms with Gasteiger partial charge in [-0.3, -0.25) is 0 Å². The Bertz CT molecular complexity index is 351. The highest BCUT2D eigenvalue weighted by molar-refractivity contribution is 9.10. The maximum Gasteiger partial charge on any atom is 0.143 e. The molecule has 1 aliphatic heterocycles. The van der Waals surface area contributed by atoms with Crippen LogP contribution in [0.5, 0.6) is 0 Å². The average molecular weight is 269 g/mol. The molecule has 0 N–H and O–H groups in total. The molecular weight excluding hydrogens is 252 g/mol.